The average molecular weight is 476 g/mol. The maximum Gasteiger partial charge on any atom is 0.233 e. The molecule has 0 bridgehead atoms. The molecule has 2 aliphatic rings. The molecule has 2 aromatic heterocycles. The molecule has 3 heterocycles. The van der Waals surface area contributed by atoms with Gasteiger partial charge >= 0.3 is 0 Å². The summed E-state index contributed by atoms with van der Waals surface area (Å²) in [6.07, 6.45) is 4.21. The average Bonchev–Trinajstić information content (AvgIpc) is 3.48. The fourth-order valence-corrected chi connectivity index (χ4v) is 5.21. The maximum atomic E-state index is 12.9. The molecule has 1 aliphatic carbocycles. The van der Waals surface area contributed by atoms with Crippen molar-refractivity contribution in [3.8, 4) is 22.9 Å². The minimum absolute atomic E-state index is 0.0406. The zero-order chi connectivity index (χ0) is 23.1. The highest BCUT2D eigenvalue weighted by atomic mass is 32.2. The van der Waals surface area contributed by atoms with Crippen molar-refractivity contribution >= 4 is 28.6 Å². The van der Waals surface area contributed by atoms with Crippen LogP contribution in [0.15, 0.2) is 53.8 Å². The van der Waals surface area contributed by atoms with Gasteiger partial charge in [-0.05, 0) is 36.6 Å². The fourth-order valence-electron chi connectivity index (χ4n) is 4.26. The third-order valence-electron chi connectivity index (χ3n) is 6.18. The summed E-state index contributed by atoms with van der Waals surface area (Å²) < 4.78 is 13.4. The molecule has 0 saturated heterocycles. The van der Waals surface area contributed by atoms with Crippen LogP contribution in [0.1, 0.15) is 24.4 Å². The van der Waals surface area contributed by atoms with Gasteiger partial charge in [-0.25, -0.2) is 0 Å². The number of hydrogen-bond donors (Lipinski definition) is 1. The van der Waals surface area contributed by atoms with Crippen LogP contribution in [0.5, 0.6) is 11.5 Å². The fraction of sp³-hybridized carbons (Fsp3) is 0.320. The van der Waals surface area contributed by atoms with E-state index in [9.17, 15) is 4.79 Å². The Morgan fingerprint density at radius 1 is 1.15 bits per heavy atom. The van der Waals surface area contributed by atoms with E-state index in [0.29, 0.717) is 31.6 Å². The highest BCUT2D eigenvalue weighted by molar-refractivity contribution is 7.99. The zero-order valence-electron chi connectivity index (χ0n) is 18.9. The van der Waals surface area contributed by atoms with Crippen LogP contribution >= 0.6 is 11.8 Å². The van der Waals surface area contributed by atoms with Crippen LogP contribution in [0.2, 0.25) is 0 Å². The third-order valence-corrected chi connectivity index (χ3v) is 7.11. The number of hydrogen-bond acceptors (Lipinski definition) is 6. The number of rotatable bonds is 7. The number of ether oxygens (including phenoxy) is 2. The number of H-pyrrole nitrogens is 1. The highest BCUT2D eigenvalue weighted by Gasteiger charge is 2.31. The predicted octanol–water partition coefficient (Wildman–Crippen LogP) is 4.28. The smallest absolute Gasteiger partial charge is 0.233 e. The first-order valence-corrected chi connectivity index (χ1v) is 12.4. The number of aromatic nitrogens is 4. The lowest BCUT2D eigenvalue weighted by Crippen LogP contribution is -2.28. The lowest BCUT2D eigenvalue weighted by atomic mass is 10.1. The van der Waals surface area contributed by atoms with E-state index in [1.807, 2.05) is 43.6 Å². The van der Waals surface area contributed by atoms with Gasteiger partial charge in [0.05, 0.1) is 5.75 Å². The van der Waals surface area contributed by atoms with E-state index in [-0.39, 0.29) is 5.91 Å². The van der Waals surface area contributed by atoms with Crippen molar-refractivity contribution in [2.24, 2.45) is 0 Å². The van der Waals surface area contributed by atoms with Crippen LogP contribution in [0.3, 0.4) is 0 Å². The highest BCUT2D eigenvalue weighted by Crippen LogP contribution is 2.42. The van der Waals surface area contributed by atoms with Crippen molar-refractivity contribution in [1.29, 1.82) is 0 Å². The summed E-state index contributed by atoms with van der Waals surface area (Å²) in [7, 11) is 1.82. The Morgan fingerprint density at radius 3 is 2.82 bits per heavy atom. The topological polar surface area (TPSA) is 85.3 Å². The molecule has 8 nitrogen and oxygen atoms in total. The number of amides is 1. The van der Waals surface area contributed by atoms with E-state index in [1.54, 1.807) is 4.90 Å². The number of para-hydroxylation sites is 1. The molecule has 2 aromatic carbocycles. The second-order valence-corrected chi connectivity index (χ2v) is 9.61. The standard InChI is InChI=1S/C25H25N5O3S/c1-29(14-16-6-9-21-22(12-16)33-11-10-32-21)23(31)15-34-25-28-27-24(30(25)17-7-8-17)19-13-26-20-5-3-2-4-18(19)20/h2-6,9,12-13,17,26H,7-8,10-11,14-15H2,1H3. The Morgan fingerprint density at radius 2 is 1.97 bits per heavy atom. The molecule has 4 aromatic rings. The Labute approximate surface area is 201 Å². The zero-order valence-corrected chi connectivity index (χ0v) is 19.7. The quantitative estimate of drug-likeness (QED) is 0.402. The molecule has 1 aliphatic heterocycles. The summed E-state index contributed by atoms with van der Waals surface area (Å²) in [5, 5.41) is 10.9. The van der Waals surface area contributed by atoms with E-state index in [2.05, 4.69) is 31.9 Å². The van der Waals surface area contributed by atoms with Crippen LogP contribution in [0.25, 0.3) is 22.3 Å². The first kappa shape index (κ1) is 21.1. The summed E-state index contributed by atoms with van der Waals surface area (Å²) in [5.41, 5.74) is 3.13. The van der Waals surface area contributed by atoms with Crippen LogP contribution in [0.4, 0.5) is 0 Å². The summed E-state index contributed by atoms with van der Waals surface area (Å²) >= 11 is 1.45. The van der Waals surface area contributed by atoms with Crippen molar-refractivity contribution in [2.75, 3.05) is 26.0 Å². The number of thioether (sulfide) groups is 1. The molecular formula is C25H25N5O3S. The molecule has 1 amide bonds. The van der Waals surface area contributed by atoms with Crippen LogP contribution < -0.4 is 9.47 Å². The molecule has 1 saturated carbocycles. The van der Waals surface area contributed by atoms with Gasteiger partial charge in [0, 0.05) is 42.3 Å². The monoisotopic (exact) mass is 475 g/mol. The van der Waals surface area contributed by atoms with E-state index < -0.39 is 0 Å². The summed E-state index contributed by atoms with van der Waals surface area (Å²) in [6, 6.07) is 14.4. The van der Waals surface area contributed by atoms with Crippen molar-refractivity contribution in [3.63, 3.8) is 0 Å². The third kappa shape index (κ3) is 4.00. The molecule has 0 atom stereocenters. The molecule has 0 spiro atoms. The van der Waals surface area contributed by atoms with Gasteiger partial charge in [-0.3, -0.25) is 9.36 Å². The van der Waals surface area contributed by atoms with Crippen LogP contribution in [0, 0.1) is 0 Å². The number of carbonyl (C=O) groups is 1. The van der Waals surface area contributed by atoms with Crippen LogP contribution in [-0.2, 0) is 11.3 Å². The largest absolute Gasteiger partial charge is 0.486 e. The Bertz CT molecular complexity index is 1360. The van der Waals surface area contributed by atoms with Crippen molar-refractivity contribution < 1.29 is 14.3 Å². The SMILES string of the molecule is CN(Cc1ccc2c(c1)OCCO2)C(=O)CSc1nnc(-c2c[nH]c3ccccc23)n1C1CC1. The maximum absolute atomic E-state index is 12.9. The Kier molecular flexibility index (Phi) is 5.41. The lowest BCUT2D eigenvalue weighted by molar-refractivity contribution is -0.127. The van der Waals surface area contributed by atoms with Crippen molar-refractivity contribution in [2.45, 2.75) is 30.6 Å². The normalized spacial score (nSPS) is 15.0. The molecule has 1 fully saturated rings. The van der Waals surface area contributed by atoms with Crippen molar-refractivity contribution in [3.05, 3.63) is 54.2 Å². The lowest BCUT2D eigenvalue weighted by Gasteiger charge is -2.21. The molecule has 1 N–H and O–H groups in total. The van der Waals surface area contributed by atoms with Gasteiger partial charge in [0.1, 0.15) is 13.2 Å². The molecule has 34 heavy (non-hydrogen) atoms. The van der Waals surface area contributed by atoms with Gasteiger partial charge in [0.15, 0.2) is 22.5 Å². The predicted molar refractivity (Wildman–Crippen MR) is 130 cm³/mol. The molecule has 0 unspecified atom stereocenters. The van der Waals surface area contributed by atoms with E-state index >= 15 is 0 Å². The van der Waals surface area contributed by atoms with Gasteiger partial charge in [-0.2, -0.15) is 0 Å². The minimum atomic E-state index is 0.0406. The molecule has 174 valence electrons. The number of fused-ring (bicyclic) bond motifs is 2. The summed E-state index contributed by atoms with van der Waals surface area (Å²) in [4.78, 5) is 18.0. The second kappa shape index (κ2) is 8.72. The molecule has 6 rings (SSSR count). The van der Waals surface area contributed by atoms with Crippen molar-refractivity contribution in [1.82, 2.24) is 24.6 Å². The number of benzene rings is 2. The van der Waals surface area contributed by atoms with Gasteiger partial charge in [0.2, 0.25) is 5.91 Å². The van der Waals surface area contributed by atoms with E-state index in [0.717, 1.165) is 57.4 Å². The Balaban J connectivity index is 1.16. The Hall–Kier alpha value is -3.46. The number of nitrogens with one attached hydrogen (secondary N) is 1. The van der Waals surface area contributed by atoms with Crippen LogP contribution in [-0.4, -0.2) is 56.6 Å². The second-order valence-electron chi connectivity index (χ2n) is 8.67. The molecule has 0 radical (unpaired) electrons. The summed E-state index contributed by atoms with van der Waals surface area (Å²) in [5.74, 6) is 2.70. The number of nitrogens with zero attached hydrogens (tertiary/aromatic N) is 4. The number of carbonyl (C=O) groups excluding carboxylic acids is 1. The number of aromatic amines is 1. The molecule has 9 heteroatoms. The first-order chi connectivity index (χ1) is 16.7. The van der Waals surface area contributed by atoms with E-state index in [1.165, 1.54) is 11.8 Å². The summed E-state index contributed by atoms with van der Waals surface area (Å²) in [6.45, 7) is 1.62. The van der Waals surface area contributed by atoms with Gasteiger partial charge in [-0.1, -0.05) is 36.0 Å². The van der Waals surface area contributed by atoms with Gasteiger partial charge in [-0.15, -0.1) is 10.2 Å². The minimum Gasteiger partial charge on any atom is -0.486 e. The van der Waals surface area contributed by atoms with E-state index in [4.69, 9.17) is 9.47 Å². The van der Waals surface area contributed by atoms with Gasteiger partial charge < -0.3 is 19.4 Å². The first-order valence-electron chi connectivity index (χ1n) is 11.4. The van der Waals surface area contributed by atoms with Gasteiger partial charge in [0.25, 0.3) is 0 Å². The molecular weight excluding hydrogens is 450 g/mol.